The van der Waals surface area contributed by atoms with E-state index in [4.69, 9.17) is 4.74 Å². The molecule has 1 amide bonds. The number of hydrogen-bond acceptors (Lipinski definition) is 6. The molecule has 1 N–H and O–H groups in total. The van der Waals surface area contributed by atoms with Gasteiger partial charge in [0.15, 0.2) is 0 Å². The van der Waals surface area contributed by atoms with E-state index in [1.165, 1.54) is 11.3 Å². The molecule has 0 aliphatic rings. The molecule has 0 atom stereocenters. The molecule has 0 unspecified atom stereocenters. The van der Waals surface area contributed by atoms with Gasteiger partial charge in [-0.25, -0.2) is 9.78 Å². The average Bonchev–Trinajstić information content (AvgIpc) is 3.34. The largest absolute Gasteiger partial charge is 0.462 e. The van der Waals surface area contributed by atoms with Gasteiger partial charge in [-0.05, 0) is 42.1 Å². The van der Waals surface area contributed by atoms with E-state index in [1.807, 2.05) is 29.8 Å². The van der Waals surface area contributed by atoms with Crippen molar-refractivity contribution in [2.24, 2.45) is 0 Å². The Balaban J connectivity index is 1.53. The van der Waals surface area contributed by atoms with Gasteiger partial charge < -0.3 is 10.1 Å². The number of hydrogen-bond donors (Lipinski definition) is 1. The molecule has 0 aliphatic heterocycles. The van der Waals surface area contributed by atoms with E-state index in [0.717, 1.165) is 28.4 Å². The van der Waals surface area contributed by atoms with Crippen molar-refractivity contribution in [3.8, 4) is 9.88 Å². The number of thiazole rings is 1. The number of rotatable bonds is 8. The first kappa shape index (κ1) is 19.3. The van der Waals surface area contributed by atoms with Gasteiger partial charge in [0.25, 0.3) is 0 Å². The lowest BCUT2D eigenvalue weighted by atomic mass is 10.2. The van der Waals surface area contributed by atoms with Gasteiger partial charge in [-0.3, -0.25) is 4.79 Å². The van der Waals surface area contributed by atoms with E-state index in [0.29, 0.717) is 17.9 Å². The predicted molar refractivity (Wildman–Crippen MR) is 109 cm³/mol. The molecular weight excluding hydrogens is 380 g/mol. The lowest BCUT2D eigenvalue weighted by molar-refractivity contribution is -0.115. The molecule has 2 heterocycles. The Morgan fingerprint density at radius 3 is 2.67 bits per heavy atom. The van der Waals surface area contributed by atoms with Crippen LogP contribution in [0.5, 0.6) is 0 Å². The SMILES string of the molecule is CCCCOC(=O)c1ccc(NC(=O)Cc2csc(-c3cccs3)n2)cc1. The number of aromatic nitrogens is 1. The van der Waals surface area contributed by atoms with E-state index >= 15 is 0 Å². The number of nitrogens with one attached hydrogen (secondary N) is 1. The second kappa shape index (κ2) is 9.43. The fraction of sp³-hybridized carbons (Fsp3) is 0.250. The van der Waals surface area contributed by atoms with E-state index < -0.39 is 0 Å². The van der Waals surface area contributed by atoms with Crippen LogP contribution in [0, 0.1) is 0 Å². The Hall–Kier alpha value is -2.51. The third-order valence-corrected chi connectivity index (χ3v) is 5.69. The molecule has 3 aromatic rings. The summed E-state index contributed by atoms with van der Waals surface area (Å²) >= 11 is 3.17. The van der Waals surface area contributed by atoms with Gasteiger partial charge in [-0.15, -0.1) is 22.7 Å². The average molecular weight is 401 g/mol. The zero-order valence-electron chi connectivity index (χ0n) is 14.9. The van der Waals surface area contributed by atoms with Crippen molar-refractivity contribution in [1.82, 2.24) is 4.98 Å². The lowest BCUT2D eigenvalue weighted by Gasteiger charge is -2.06. The quantitative estimate of drug-likeness (QED) is 0.426. The smallest absolute Gasteiger partial charge is 0.338 e. The first-order valence-corrected chi connectivity index (χ1v) is 10.5. The number of benzene rings is 1. The maximum Gasteiger partial charge on any atom is 0.338 e. The van der Waals surface area contributed by atoms with Gasteiger partial charge in [0.1, 0.15) is 5.01 Å². The van der Waals surface area contributed by atoms with E-state index in [9.17, 15) is 9.59 Å². The number of esters is 1. The van der Waals surface area contributed by atoms with Crippen LogP contribution in [0.15, 0.2) is 47.2 Å². The van der Waals surface area contributed by atoms with Crippen LogP contribution in [-0.2, 0) is 16.0 Å². The number of thiophene rings is 1. The summed E-state index contributed by atoms with van der Waals surface area (Å²) < 4.78 is 5.17. The van der Waals surface area contributed by atoms with E-state index in [2.05, 4.69) is 10.3 Å². The van der Waals surface area contributed by atoms with Crippen molar-refractivity contribution >= 4 is 40.2 Å². The van der Waals surface area contributed by atoms with Gasteiger partial charge >= 0.3 is 5.97 Å². The number of nitrogens with zero attached hydrogens (tertiary/aromatic N) is 1. The van der Waals surface area contributed by atoms with Crippen LogP contribution in [0.25, 0.3) is 9.88 Å². The molecule has 0 fully saturated rings. The van der Waals surface area contributed by atoms with Crippen molar-refractivity contribution in [1.29, 1.82) is 0 Å². The minimum Gasteiger partial charge on any atom is -0.462 e. The molecule has 3 rings (SSSR count). The molecule has 0 saturated heterocycles. The maximum absolute atomic E-state index is 12.2. The van der Waals surface area contributed by atoms with Crippen LogP contribution in [0.4, 0.5) is 5.69 Å². The summed E-state index contributed by atoms with van der Waals surface area (Å²) in [6, 6.07) is 10.7. The van der Waals surface area contributed by atoms with Crippen molar-refractivity contribution < 1.29 is 14.3 Å². The van der Waals surface area contributed by atoms with Gasteiger partial charge in [0.2, 0.25) is 5.91 Å². The molecule has 1 aromatic carbocycles. The van der Waals surface area contributed by atoms with Gasteiger partial charge in [-0.2, -0.15) is 0 Å². The van der Waals surface area contributed by atoms with Crippen molar-refractivity contribution in [2.75, 3.05) is 11.9 Å². The molecule has 0 aliphatic carbocycles. The first-order chi connectivity index (χ1) is 13.2. The number of carbonyl (C=O) groups is 2. The highest BCUT2D eigenvalue weighted by molar-refractivity contribution is 7.20. The zero-order chi connectivity index (χ0) is 19.1. The Kier molecular flexibility index (Phi) is 6.73. The van der Waals surface area contributed by atoms with Crippen LogP contribution < -0.4 is 5.32 Å². The fourth-order valence-corrected chi connectivity index (χ4v) is 3.99. The van der Waals surface area contributed by atoms with Crippen LogP contribution in [-0.4, -0.2) is 23.5 Å². The number of amides is 1. The third-order valence-electron chi connectivity index (χ3n) is 3.76. The summed E-state index contributed by atoms with van der Waals surface area (Å²) in [5.74, 6) is -0.485. The topological polar surface area (TPSA) is 68.3 Å². The zero-order valence-corrected chi connectivity index (χ0v) is 16.6. The highest BCUT2D eigenvalue weighted by Crippen LogP contribution is 2.28. The summed E-state index contributed by atoms with van der Waals surface area (Å²) in [5.41, 5.74) is 1.86. The Morgan fingerprint density at radius 2 is 1.96 bits per heavy atom. The minimum absolute atomic E-state index is 0.142. The van der Waals surface area contributed by atoms with Gasteiger partial charge in [-0.1, -0.05) is 19.4 Å². The second-order valence-electron chi connectivity index (χ2n) is 5.91. The van der Waals surface area contributed by atoms with Crippen LogP contribution in [0.1, 0.15) is 35.8 Å². The minimum atomic E-state index is -0.343. The summed E-state index contributed by atoms with van der Waals surface area (Å²) in [6.07, 6.45) is 2.04. The number of ether oxygens (including phenoxy) is 1. The van der Waals surface area contributed by atoms with Gasteiger partial charge in [0.05, 0.1) is 29.2 Å². The van der Waals surface area contributed by atoms with Crippen molar-refractivity contribution in [3.05, 3.63) is 58.4 Å². The molecule has 27 heavy (non-hydrogen) atoms. The Labute approximate surface area is 166 Å². The fourth-order valence-electron chi connectivity index (χ4n) is 2.35. The second-order valence-corrected chi connectivity index (χ2v) is 7.72. The van der Waals surface area contributed by atoms with Crippen LogP contribution >= 0.6 is 22.7 Å². The lowest BCUT2D eigenvalue weighted by Crippen LogP contribution is -2.14. The number of anilines is 1. The normalized spacial score (nSPS) is 10.6. The van der Waals surface area contributed by atoms with Crippen LogP contribution in [0.3, 0.4) is 0 Å². The standard InChI is InChI=1S/C20H20N2O3S2/c1-2-3-10-25-20(24)14-6-8-15(9-7-14)21-18(23)12-16-13-27-19(22-16)17-5-4-11-26-17/h4-9,11,13H,2-3,10,12H2,1H3,(H,21,23). The van der Waals surface area contributed by atoms with E-state index in [1.54, 1.807) is 35.6 Å². The van der Waals surface area contributed by atoms with Crippen molar-refractivity contribution in [3.63, 3.8) is 0 Å². The highest BCUT2D eigenvalue weighted by Gasteiger charge is 2.11. The molecular formula is C20H20N2O3S2. The number of unbranched alkanes of at least 4 members (excludes halogenated alkanes) is 1. The molecule has 2 aromatic heterocycles. The molecule has 0 radical (unpaired) electrons. The predicted octanol–water partition coefficient (Wildman–Crippen LogP) is 5.01. The molecule has 0 saturated carbocycles. The Bertz CT molecular complexity index is 886. The van der Waals surface area contributed by atoms with Crippen molar-refractivity contribution in [2.45, 2.75) is 26.2 Å². The Morgan fingerprint density at radius 1 is 1.15 bits per heavy atom. The van der Waals surface area contributed by atoms with Crippen LogP contribution in [0.2, 0.25) is 0 Å². The third kappa shape index (κ3) is 5.48. The monoisotopic (exact) mass is 400 g/mol. The maximum atomic E-state index is 12.2. The molecule has 0 spiro atoms. The first-order valence-electron chi connectivity index (χ1n) is 8.71. The number of carbonyl (C=O) groups excluding carboxylic acids is 2. The highest BCUT2D eigenvalue weighted by atomic mass is 32.1. The summed E-state index contributed by atoms with van der Waals surface area (Å²) in [4.78, 5) is 29.7. The summed E-state index contributed by atoms with van der Waals surface area (Å²) in [5, 5.41) is 7.67. The van der Waals surface area contributed by atoms with E-state index in [-0.39, 0.29) is 18.3 Å². The molecule has 7 heteroatoms. The van der Waals surface area contributed by atoms with Gasteiger partial charge in [0, 0.05) is 11.1 Å². The molecule has 0 bridgehead atoms. The molecule has 140 valence electrons. The molecule has 5 nitrogen and oxygen atoms in total. The summed E-state index contributed by atoms with van der Waals surface area (Å²) in [6.45, 7) is 2.47. The summed E-state index contributed by atoms with van der Waals surface area (Å²) in [7, 11) is 0.